The molecule has 0 saturated carbocycles. The molecular weight excluding hydrogens is 237 g/mol. The number of morpholine rings is 1. The zero-order valence-electron chi connectivity index (χ0n) is 10.4. The van der Waals surface area contributed by atoms with E-state index in [1.54, 1.807) is 13.0 Å². The number of nitrogens with zero attached hydrogens (tertiary/aromatic N) is 2. The Morgan fingerprint density at radius 3 is 2.89 bits per heavy atom. The summed E-state index contributed by atoms with van der Waals surface area (Å²) in [6.07, 6.45) is 0. The van der Waals surface area contributed by atoms with E-state index in [1.165, 1.54) is 0 Å². The second-order valence-corrected chi connectivity index (χ2v) is 4.21. The number of aliphatic hydroxyl groups is 1. The number of aromatic nitrogens is 1. The lowest BCUT2D eigenvalue weighted by atomic mass is 10.2. The summed E-state index contributed by atoms with van der Waals surface area (Å²) in [7, 11) is 0. The molecule has 0 atom stereocenters. The van der Waals surface area contributed by atoms with Crippen LogP contribution in [-0.2, 0) is 4.74 Å². The summed E-state index contributed by atoms with van der Waals surface area (Å²) in [5.74, 6) is 0.662. The molecule has 0 aliphatic carbocycles. The highest BCUT2D eigenvalue weighted by Gasteiger charge is 2.18. The van der Waals surface area contributed by atoms with Crippen LogP contribution in [0.25, 0.3) is 0 Å². The van der Waals surface area contributed by atoms with Gasteiger partial charge in [0.15, 0.2) is 11.6 Å². The molecule has 1 aromatic rings. The Morgan fingerprint density at radius 2 is 2.22 bits per heavy atom. The molecule has 0 radical (unpaired) electrons. The maximum atomic E-state index is 14.1. The van der Waals surface area contributed by atoms with Crippen LogP contribution in [0.4, 0.5) is 16.0 Å². The summed E-state index contributed by atoms with van der Waals surface area (Å²) in [4.78, 5) is 6.15. The van der Waals surface area contributed by atoms with Gasteiger partial charge in [-0.25, -0.2) is 9.37 Å². The van der Waals surface area contributed by atoms with Gasteiger partial charge in [0.1, 0.15) is 5.82 Å². The molecule has 0 unspecified atom stereocenters. The van der Waals surface area contributed by atoms with Gasteiger partial charge in [0.05, 0.1) is 19.8 Å². The SMILES string of the molecule is Cc1cc(NCCO)nc(N2CCOCC2)c1F. The lowest BCUT2D eigenvalue weighted by Gasteiger charge is -2.28. The van der Waals surface area contributed by atoms with Crippen molar-refractivity contribution in [3.8, 4) is 0 Å². The average Bonchev–Trinajstić information content (AvgIpc) is 2.41. The summed E-state index contributed by atoms with van der Waals surface area (Å²) in [6.45, 7) is 4.61. The Balaban J connectivity index is 2.23. The highest BCUT2D eigenvalue weighted by molar-refractivity contribution is 5.51. The van der Waals surface area contributed by atoms with E-state index in [2.05, 4.69) is 10.3 Å². The van der Waals surface area contributed by atoms with Crippen molar-refractivity contribution in [3.63, 3.8) is 0 Å². The molecule has 0 aromatic carbocycles. The standard InChI is InChI=1S/C12H18FN3O2/c1-9-8-10(14-2-5-17)15-12(11(9)13)16-3-6-18-7-4-16/h8,17H,2-7H2,1H3,(H,14,15). The molecular formula is C12H18FN3O2. The number of pyridine rings is 1. The summed E-state index contributed by atoms with van der Waals surface area (Å²) in [6, 6.07) is 1.65. The van der Waals surface area contributed by atoms with Crippen molar-refractivity contribution in [2.45, 2.75) is 6.92 Å². The lowest BCUT2D eigenvalue weighted by molar-refractivity contribution is 0.122. The van der Waals surface area contributed by atoms with Crippen LogP contribution >= 0.6 is 0 Å². The molecule has 1 aliphatic rings. The largest absolute Gasteiger partial charge is 0.395 e. The molecule has 2 N–H and O–H groups in total. The van der Waals surface area contributed by atoms with Gasteiger partial charge in [-0.15, -0.1) is 0 Å². The van der Waals surface area contributed by atoms with Crippen LogP contribution in [0, 0.1) is 12.7 Å². The molecule has 18 heavy (non-hydrogen) atoms. The van der Waals surface area contributed by atoms with Gasteiger partial charge in [0, 0.05) is 19.6 Å². The first-order chi connectivity index (χ1) is 8.72. The molecule has 1 saturated heterocycles. The van der Waals surface area contributed by atoms with Gasteiger partial charge < -0.3 is 20.1 Å². The van der Waals surface area contributed by atoms with E-state index in [0.717, 1.165) is 0 Å². The minimum atomic E-state index is -0.286. The van der Waals surface area contributed by atoms with Crippen LogP contribution in [-0.4, -0.2) is 49.5 Å². The number of nitrogens with one attached hydrogen (secondary N) is 1. The van der Waals surface area contributed by atoms with Crippen LogP contribution < -0.4 is 10.2 Å². The summed E-state index contributed by atoms with van der Waals surface area (Å²) in [5, 5.41) is 11.7. The lowest BCUT2D eigenvalue weighted by Crippen LogP contribution is -2.37. The number of aryl methyl sites for hydroxylation is 1. The number of aliphatic hydroxyl groups excluding tert-OH is 1. The smallest absolute Gasteiger partial charge is 0.168 e. The number of ether oxygens (including phenoxy) is 1. The van der Waals surface area contributed by atoms with Crippen molar-refractivity contribution in [3.05, 3.63) is 17.4 Å². The first-order valence-corrected chi connectivity index (χ1v) is 6.07. The molecule has 0 bridgehead atoms. The fourth-order valence-electron chi connectivity index (χ4n) is 1.90. The van der Waals surface area contributed by atoms with Gasteiger partial charge in [-0.2, -0.15) is 0 Å². The van der Waals surface area contributed by atoms with E-state index in [0.29, 0.717) is 50.0 Å². The number of halogens is 1. The quantitative estimate of drug-likeness (QED) is 0.832. The number of anilines is 2. The second-order valence-electron chi connectivity index (χ2n) is 4.21. The molecule has 6 heteroatoms. The van der Waals surface area contributed by atoms with Crippen molar-refractivity contribution in [1.82, 2.24) is 4.98 Å². The molecule has 1 aliphatic heterocycles. The second kappa shape index (κ2) is 5.97. The monoisotopic (exact) mass is 255 g/mol. The van der Waals surface area contributed by atoms with E-state index >= 15 is 0 Å². The van der Waals surface area contributed by atoms with Crippen LogP contribution in [0.3, 0.4) is 0 Å². The maximum absolute atomic E-state index is 14.1. The summed E-state index contributed by atoms with van der Waals surface area (Å²) < 4.78 is 19.3. The minimum absolute atomic E-state index is 0.0188. The third-order valence-corrected chi connectivity index (χ3v) is 2.85. The third kappa shape index (κ3) is 2.88. The van der Waals surface area contributed by atoms with Crippen molar-refractivity contribution < 1.29 is 14.2 Å². The first-order valence-electron chi connectivity index (χ1n) is 6.07. The normalized spacial score (nSPS) is 15.8. The van der Waals surface area contributed by atoms with Gasteiger partial charge in [-0.05, 0) is 18.6 Å². The Morgan fingerprint density at radius 1 is 1.50 bits per heavy atom. The van der Waals surface area contributed by atoms with Crippen molar-refractivity contribution in [1.29, 1.82) is 0 Å². The number of hydrogen-bond donors (Lipinski definition) is 2. The van der Waals surface area contributed by atoms with E-state index in [4.69, 9.17) is 9.84 Å². The maximum Gasteiger partial charge on any atom is 0.168 e. The number of hydrogen-bond acceptors (Lipinski definition) is 5. The molecule has 5 nitrogen and oxygen atoms in total. The topological polar surface area (TPSA) is 57.6 Å². The van der Waals surface area contributed by atoms with Crippen LogP contribution in [0.15, 0.2) is 6.07 Å². The molecule has 1 aromatic heterocycles. The van der Waals surface area contributed by atoms with Crippen LogP contribution in [0.1, 0.15) is 5.56 Å². The molecule has 2 heterocycles. The Hall–Kier alpha value is -1.40. The minimum Gasteiger partial charge on any atom is -0.395 e. The van der Waals surface area contributed by atoms with Crippen molar-refractivity contribution >= 4 is 11.6 Å². The van der Waals surface area contributed by atoms with Crippen LogP contribution in [0.2, 0.25) is 0 Å². The molecule has 1 fully saturated rings. The molecule has 2 rings (SSSR count). The third-order valence-electron chi connectivity index (χ3n) is 2.85. The predicted octanol–water partition coefficient (Wildman–Crippen LogP) is 0.770. The van der Waals surface area contributed by atoms with E-state index in [-0.39, 0.29) is 12.4 Å². The fourth-order valence-corrected chi connectivity index (χ4v) is 1.90. The first kappa shape index (κ1) is 13.0. The Bertz CT molecular complexity index is 409. The van der Waals surface area contributed by atoms with Gasteiger partial charge in [-0.1, -0.05) is 0 Å². The van der Waals surface area contributed by atoms with Crippen LogP contribution in [0.5, 0.6) is 0 Å². The summed E-state index contributed by atoms with van der Waals surface area (Å²) in [5.41, 5.74) is 0.548. The predicted molar refractivity (Wildman–Crippen MR) is 67.5 cm³/mol. The number of rotatable bonds is 4. The van der Waals surface area contributed by atoms with Gasteiger partial charge in [-0.3, -0.25) is 0 Å². The van der Waals surface area contributed by atoms with Gasteiger partial charge in [0.2, 0.25) is 0 Å². The molecule has 0 amide bonds. The highest BCUT2D eigenvalue weighted by atomic mass is 19.1. The van der Waals surface area contributed by atoms with Crippen molar-refractivity contribution in [2.24, 2.45) is 0 Å². The Labute approximate surface area is 106 Å². The zero-order chi connectivity index (χ0) is 13.0. The highest BCUT2D eigenvalue weighted by Crippen LogP contribution is 2.23. The molecule has 100 valence electrons. The zero-order valence-corrected chi connectivity index (χ0v) is 10.4. The summed E-state index contributed by atoms with van der Waals surface area (Å²) >= 11 is 0. The van der Waals surface area contributed by atoms with E-state index in [1.807, 2.05) is 4.90 Å². The fraction of sp³-hybridized carbons (Fsp3) is 0.583. The van der Waals surface area contributed by atoms with Gasteiger partial charge in [0.25, 0.3) is 0 Å². The van der Waals surface area contributed by atoms with E-state index < -0.39 is 0 Å². The Kier molecular flexibility index (Phi) is 4.33. The van der Waals surface area contributed by atoms with Gasteiger partial charge >= 0.3 is 0 Å². The molecule has 0 spiro atoms. The average molecular weight is 255 g/mol. The van der Waals surface area contributed by atoms with E-state index in [9.17, 15) is 4.39 Å². The van der Waals surface area contributed by atoms with Crippen molar-refractivity contribution in [2.75, 3.05) is 49.7 Å².